The first-order valence-electron chi connectivity index (χ1n) is 11.2. The average molecular weight is 463 g/mol. The second kappa shape index (κ2) is 14.1. The minimum Gasteiger partial charge on any atom is -0.458 e. The molecule has 2 N–H and O–H groups in total. The van der Waals surface area contributed by atoms with E-state index in [1.54, 1.807) is 36.4 Å². The highest BCUT2D eigenvalue weighted by molar-refractivity contribution is 5.89. The Hall–Kier alpha value is -3.29. The molecule has 3 rings (SSSR count). The summed E-state index contributed by atoms with van der Waals surface area (Å²) in [6.45, 7) is 0.0641. The lowest BCUT2D eigenvalue weighted by molar-refractivity contribution is -0.126. The summed E-state index contributed by atoms with van der Waals surface area (Å²) >= 11 is 0. The maximum absolute atomic E-state index is 12.2. The molecule has 0 spiro atoms. The summed E-state index contributed by atoms with van der Waals surface area (Å²) in [5.74, 6) is -0.431. The second-order valence-electron chi connectivity index (χ2n) is 7.66. The van der Waals surface area contributed by atoms with Crippen LogP contribution in [0, 0.1) is 0 Å². The van der Waals surface area contributed by atoms with Gasteiger partial charge < -0.3 is 24.4 Å². The molecular weight excluding hydrogens is 432 g/mol. The van der Waals surface area contributed by atoms with Gasteiger partial charge >= 0.3 is 5.97 Å². The van der Waals surface area contributed by atoms with Gasteiger partial charge in [0.2, 0.25) is 0 Å². The van der Waals surface area contributed by atoms with E-state index in [4.69, 9.17) is 14.2 Å². The SMILES string of the molecule is O=C(OC/C=C\[C@@H](OCc1ccccc1)[C@@H](OCc1ccccc1)[C@@H](O)CO)c1ccccc1. The molecule has 178 valence electrons. The van der Waals surface area contributed by atoms with Crippen molar-refractivity contribution in [3.63, 3.8) is 0 Å². The van der Waals surface area contributed by atoms with Crippen LogP contribution in [0.4, 0.5) is 0 Å². The van der Waals surface area contributed by atoms with Crippen molar-refractivity contribution in [2.75, 3.05) is 13.2 Å². The van der Waals surface area contributed by atoms with Crippen LogP contribution in [0.1, 0.15) is 21.5 Å². The Kier molecular flexibility index (Phi) is 10.5. The topological polar surface area (TPSA) is 85.2 Å². The largest absolute Gasteiger partial charge is 0.458 e. The third kappa shape index (κ3) is 8.24. The van der Waals surface area contributed by atoms with Crippen LogP contribution in [0.3, 0.4) is 0 Å². The van der Waals surface area contributed by atoms with Crippen LogP contribution in [0.5, 0.6) is 0 Å². The number of hydrogen-bond acceptors (Lipinski definition) is 6. The quantitative estimate of drug-likeness (QED) is 0.296. The minimum absolute atomic E-state index is 0.0273. The number of ether oxygens (including phenoxy) is 3. The first kappa shape index (κ1) is 25.3. The smallest absolute Gasteiger partial charge is 0.338 e. The molecule has 3 aromatic rings. The van der Waals surface area contributed by atoms with Crippen LogP contribution in [0.15, 0.2) is 103 Å². The summed E-state index contributed by atoms with van der Waals surface area (Å²) in [7, 11) is 0. The lowest BCUT2D eigenvalue weighted by Crippen LogP contribution is -2.42. The number of aliphatic hydroxyl groups excluding tert-OH is 2. The molecule has 0 bridgehead atoms. The van der Waals surface area contributed by atoms with Crippen molar-refractivity contribution in [2.45, 2.75) is 31.5 Å². The van der Waals surface area contributed by atoms with E-state index in [0.717, 1.165) is 11.1 Å². The van der Waals surface area contributed by atoms with Crippen LogP contribution >= 0.6 is 0 Å². The standard InChI is InChI=1S/C28H30O6/c29-19-25(30)27(34-21-23-13-6-2-7-14-23)26(33-20-22-11-4-1-5-12-22)17-10-18-32-28(31)24-15-8-3-9-16-24/h1-17,25-27,29-30H,18-21H2/b17-10-/t25-,26+,27-/m0/s1. The molecule has 3 aromatic carbocycles. The fourth-order valence-electron chi connectivity index (χ4n) is 3.29. The summed E-state index contributed by atoms with van der Waals surface area (Å²) in [5.41, 5.74) is 2.35. The molecule has 0 saturated carbocycles. The maximum atomic E-state index is 12.2. The Morgan fingerprint density at radius 2 is 1.32 bits per heavy atom. The molecule has 0 saturated heterocycles. The first-order valence-corrected chi connectivity index (χ1v) is 11.2. The van der Waals surface area contributed by atoms with E-state index in [1.807, 2.05) is 66.7 Å². The van der Waals surface area contributed by atoms with Gasteiger partial charge in [-0.3, -0.25) is 0 Å². The monoisotopic (exact) mass is 462 g/mol. The number of benzene rings is 3. The van der Waals surface area contributed by atoms with Gasteiger partial charge in [-0.2, -0.15) is 0 Å². The van der Waals surface area contributed by atoms with E-state index in [-0.39, 0.29) is 19.8 Å². The van der Waals surface area contributed by atoms with Crippen LogP contribution in [0.25, 0.3) is 0 Å². The molecule has 6 heteroatoms. The predicted molar refractivity (Wildman–Crippen MR) is 129 cm³/mol. The lowest BCUT2D eigenvalue weighted by Gasteiger charge is -2.28. The molecule has 0 aliphatic carbocycles. The fraction of sp³-hybridized carbons (Fsp3) is 0.250. The van der Waals surface area contributed by atoms with E-state index in [9.17, 15) is 15.0 Å². The number of esters is 1. The Morgan fingerprint density at radius 1 is 0.794 bits per heavy atom. The number of carbonyl (C=O) groups excluding carboxylic acids is 1. The molecular formula is C28H30O6. The number of hydrogen-bond donors (Lipinski definition) is 2. The van der Waals surface area contributed by atoms with Crippen LogP contribution in [-0.2, 0) is 27.4 Å². The van der Waals surface area contributed by atoms with E-state index in [1.165, 1.54) is 0 Å². The summed E-state index contributed by atoms with van der Waals surface area (Å²) in [6, 6.07) is 27.9. The van der Waals surface area contributed by atoms with Gasteiger partial charge in [0.15, 0.2) is 0 Å². The van der Waals surface area contributed by atoms with E-state index in [2.05, 4.69) is 0 Å². The van der Waals surface area contributed by atoms with Crippen molar-refractivity contribution < 1.29 is 29.2 Å². The zero-order valence-corrected chi connectivity index (χ0v) is 18.9. The first-order chi connectivity index (χ1) is 16.7. The summed E-state index contributed by atoms with van der Waals surface area (Å²) in [6.07, 6.45) is 0.646. The molecule has 0 amide bonds. The zero-order chi connectivity index (χ0) is 24.0. The highest BCUT2D eigenvalue weighted by atomic mass is 16.6. The number of carbonyl (C=O) groups is 1. The Morgan fingerprint density at radius 3 is 1.88 bits per heavy atom. The predicted octanol–water partition coefficient (Wildman–Crippen LogP) is 3.92. The van der Waals surface area contributed by atoms with Crippen LogP contribution in [-0.4, -0.2) is 47.7 Å². The van der Waals surface area contributed by atoms with Gasteiger partial charge in [0.1, 0.15) is 24.9 Å². The maximum Gasteiger partial charge on any atom is 0.338 e. The van der Waals surface area contributed by atoms with Crippen molar-refractivity contribution in [3.8, 4) is 0 Å². The molecule has 0 aliphatic rings. The normalized spacial score (nSPS) is 13.9. The van der Waals surface area contributed by atoms with Gasteiger partial charge in [0.05, 0.1) is 25.4 Å². The van der Waals surface area contributed by atoms with Gasteiger partial charge in [0.25, 0.3) is 0 Å². The minimum atomic E-state index is -1.17. The Balaban J connectivity index is 1.68. The van der Waals surface area contributed by atoms with Gasteiger partial charge in [-0.1, -0.05) is 84.9 Å². The number of rotatable bonds is 13. The third-order valence-corrected chi connectivity index (χ3v) is 5.11. The summed E-state index contributed by atoms with van der Waals surface area (Å²) in [4.78, 5) is 12.2. The summed E-state index contributed by atoms with van der Waals surface area (Å²) < 4.78 is 17.4. The molecule has 0 aromatic heterocycles. The zero-order valence-electron chi connectivity index (χ0n) is 18.9. The van der Waals surface area contributed by atoms with Crippen LogP contribution in [0.2, 0.25) is 0 Å². The lowest BCUT2D eigenvalue weighted by atomic mass is 10.1. The molecule has 0 unspecified atom stereocenters. The molecule has 34 heavy (non-hydrogen) atoms. The number of aliphatic hydroxyl groups is 2. The molecule has 0 radical (unpaired) electrons. The summed E-state index contributed by atoms with van der Waals surface area (Å²) in [5, 5.41) is 20.1. The molecule has 0 aliphatic heterocycles. The molecule has 0 fully saturated rings. The van der Waals surface area contributed by atoms with E-state index >= 15 is 0 Å². The second-order valence-corrected chi connectivity index (χ2v) is 7.66. The highest BCUT2D eigenvalue weighted by Gasteiger charge is 2.28. The molecule has 3 atom stereocenters. The van der Waals surface area contributed by atoms with Gasteiger partial charge in [-0.05, 0) is 29.3 Å². The van der Waals surface area contributed by atoms with Gasteiger partial charge in [-0.25, -0.2) is 4.79 Å². The van der Waals surface area contributed by atoms with Crippen molar-refractivity contribution in [3.05, 3.63) is 120 Å². The van der Waals surface area contributed by atoms with Crippen molar-refractivity contribution >= 4 is 5.97 Å². The van der Waals surface area contributed by atoms with Gasteiger partial charge in [0, 0.05) is 0 Å². The van der Waals surface area contributed by atoms with Crippen molar-refractivity contribution in [1.29, 1.82) is 0 Å². The van der Waals surface area contributed by atoms with Crippen LogP contribution < -0.4 is 0 Å². The van der Waals surface area contributed by atoms with E-state index < -0.39 is 30.9 Å². The molecule has 0 heterocycles. The van der Waals surface area contributed by atoms with Gasteiger partial charge in [-0.15, -0.1) is 0 Å². The third-order valence-electron chi connectivity index (χ3n) is 5.11. The average Bonchev–Trinajstić information content (AvgIpc) is 2.90. The highest BCUT2D eigenvalue weighted by Crippen LogP contribution is 2.16. The fourth-order valence-corrected chi connectivity index (χ4v) is 3.29. The Labute approximate surface area is 200 Å². The van der Waals surface area contributed by atoms with Crippen molar-refractivity contribution in [2.24, 2.45) is 0 Å². The van der Waals surface area contributed by atoms with E-state index in [0.29, 0.717) is 5.56 Å². The molecule has 6 nitrogen and oxygen atoms in total. The van der Waals surface area contributed by atoms with Crippen molar-refractivity contribution in [1.82, 2.24) is 0 Å². The Bertz CT molecular complexity index is 991.